The van der Waals surface area contributed by atoms with Crippen LogP contribution in [0.2, 0.25) is 0 Å². The summed E-state index contributed by atoms with van der Waals surface area (Å²) in [5.41, 5.74) is 1.28. The van der Waals surface area contributed by atoms with Gasteiger partial charge in [0.1, 0.15) is 18.2 Å². The van der Waals surface area contributed by atoms with Crippen molar-refractivity contribution in [3.63, 3.8) is 0 Å². The number of amides is 2. The van der Waals surface area contributed by atoms with Gasteiger partial charge in [0.05, 0.1) is 12.2 Å². The molecule has 2 aromatic heterocycles. The lowest BCUT2D eigenvalue weighted by molar-refractivity contribution is -0.120. The highest BCUT2D eigenvalue weighted by Crippen LogP contribution is 2.21. The molecule has 1 N–H and O–H groups in total. The summed E-state index contributed by atoms with van der Waals surface area (Å²) >= 11 is 0. The van der Waals surface area contributed by atoms with Gasteiger partial charge >= 0.3 is 0 Å². The monoisotopic (exact) mass is 415 g/mol. The van der Waals surface area contributed by atoms with Crippen LogP contribution < -0.4 is 10.2 Å². The predicted octanol–water partition coefficient (Wildman–Crippen LogP) is 1.27. The molecule has 0 saturated carbocycles. The molecule has 156 valence electrons. The van der Waals surface area contributed by atoms with E-state index in [1.54, 1.807) is 11.7 Å². The molecule has 4 rings (SSSR count). The van der Waals surface area contributed by atoms with Crippen LogP contribution in [-0.2, 0) is 17.9 Å². The van der Waals surface area contributed by atoms with Crippen molar-refractivity contribution in [2.75, 3.05) is 11.9 Å². The average molecular weight is 415 g/mol. The van der Waals surface area contributed by atoms with Crippen LogP contribution in [0.1, 0.15) is 28.3 Å². The van der Waals surface area contributed by atoms with Gasteiger partial charge in [-0.25, -0.2) is 23.1 Å². The summed E-state index contributed by atoms with van der Waals surface area (Å²) in [5, 5.41) is 11.1. The average Bonchev–Trinajstić information content (AvgIpc) is 3.31. The second-order valence-electron chi connectivity index (χ2n) is 7.09. The van der Waals surface area contributed by atoms with E-state index in [1.807, 2.05) is 13.0 Å². The van der Waals surface area contributed by atoms with Crippen LogP contribution in [0.5, 0.6) is 0 Å². The smallest absolute Gasteiger partial charge is 0.291 e. The van der Waals surface area contributed by atoms with Gasteiger partial charge in [-0.2, -0.15) is 5.10 Å². The third kappa shape index (κ3) is 3.78. The molecule has 1 atom stereocenters. The third-order valence-electron chi connectivity index (χ3n) is 4.86. The fourth-order valence-corrected chi connectivity index (χ4v) is 3.34. The zero-order chi connectivity index (χ0) is 21.4. The maximum Gasteiger partial charge on any atom is 0.291 e. The number of nitrogens with zero attached hydrogens (tertiary/aromatic N) is 6. The summed E-state index contributed by atoms with van der Waals surface area (Å²) in [7, 11) is 1.63. The Morgan fingerprint density at radius 3 is 2.80 bits per heavy atom. The van der Waals surface area contributed by atoms with Crippen molar-refractivity contribution in [2.24, 2.45) is 0 Å². The first-order valence-corrected chi connectivity index (χ1v) is 9.28. The summed E-state index contributed by atoms with van der Waals surface area (Å²) in [6, 6.07) is 4.56. The zero-order valence-electron chi connectivity index (χ0n) is 16.3. The minimum Gasteiger partial charge on any atom is -0.337 e. The number of likely N-dealkylation sites (N-methyl/N-ethyl adjacent to an activating group) is 1. The molecular weight excluding hydrogens is 396 g/mol. The van der Waals surface area contributed by atoms with Crippen molar-refractivity contribution in [3.05, 3.63) is 59.3 Å². The number of rotatable bonds is 4. The number of benzene rings is 1. The van der Waals surface area contributed by atoms with Crippen molar-refractivity contribution in [1.82, 2.24) is 29.9 Å². The molecule has 1 unspecified atom stereocenters. The molecular formula is C19H19F2N7O2. The molecule has 3 heterocycles. The van der Waals surface area contributed by atoms with Crippen LogP contribution in [0.25, 0.3) is 0 Å². The first kappa shape index (κ1) is 19.7. The number of fused-ring (bicyclic) bond motifs is 1. The molecule has 0 fully saturated rings. The second kappa shape index (κ2) is 7.65. The Labute approximate surface area is 170 Å². The highest BCUT2D eigenvalue weighted by atomic mass is 19.2. The summed E-state index contributed by atoms with van der Waals surface area (Å²) in [5.74, 6) is -2.21. The minimum atomic E-state index is -0.961. The van der Waals surface area contributed by atoms with E-state index in [9.17, 15) is 18.4 Å². The quantitative estimate of drug-likeness (QED) is 0.692. The van der Waals surface area contributed by atoms with Crippen molar-refractivity contribution in [1.29, 1.82) is 0 Å². The maximum absolute atomic E-state index is 13.3. The van der Waals surface area contributed by atoms with E-state index in [0.29, 0.717) is 24.3 Å². The largest absolute Gasteiger partial charge is 0.337 e. The summed E-state index contributed by atoms with van der Waals surface area (Å²) in [6.07, 6.45) is 1.69. The Kier molecular flexibility index (Phi) is 5.02. The van der Waals surface area contributed by atoms with Crippen LogP contribution >= 0.6 is 0 Å². The van der Waals surface area contributed by atoms with Gasteiger partial charge in [0, 0.05) is 19.7 Å². The highest BCUT2D eigenvalue weighted by Gasteiger charge is 2.31. The van der Waals surface area contributed by atoms with Crippen LogP contribution in [0, 0.1) is 18.6 Å². The van der Waals surface area contributed by atoms with Crippen molar-refractivity contribution in [3.8, 4) is 0 Å². The van der Waals surface area contributed by atoms with Crippen LogP contribution in [-0.4, -0.2) is 49.4 Å². The van der Waals surface area contributed by atoms with Gasteiger partial charge in [-0.05, 0) is 31.0 Å². The number of hydrogen-bond donors (Lipinski definition) is 1. The first-order chi connectivity index (χ1) is 14.3. The Morgan fingerprint density at radius 2 is 2.03 bits per heavy atom. The number of halogens is 2. The Balaban J connectivity index is 1.43. The van der Waals surface area contributed by atoms with E-state index in [-0.39, 0.29) is 18.3 Å². The van der Waals surface area contributed by atoms with Crippen molar-refractivity contribution >= 4 is 17.6 Å². The number of nitrogens with one attached hydrogen (secondary N) is 1. The van der Waals surface area contributed by atoms with E-state index in [0.717, 1.165) is 17.8 Å². The summed E-state index contributed by atoms with van der Waals surface area (Å²) in [4.78, 5) is 30.7. The van der Waals surface area contributed by atoms with E-state index < -0.39 is 23.6 Å². The number of aryl methyl sites for hydroxylation is 2. The molecule has 0 bridgehead atoms. The molecule has 3 aromatic rings. The van der Waals surface area contributed by atoms with Gasteiger partial charge in [-0.1, -0.05) is 6.07 Å². The molecule has 9 nitrogen and oxygen atoms in total. The van der Waals surface area contributed by atoms with Gasteiger partial charge < -0.3 is 5.32 Å². The van der Waals surface area contributed by atoms with Gasteiger partial charge in [0.2, 0.25) is 5.82 Å². The van der Waals surface area contributed by atoms with E-state index in [1.165, 1.54) is 22.0 Å². The highest BCUT2D eigenvalue weighted by molar-refractivity contribution is 6.00. The van der Waals surface area contributed by atoms with Crippen LogP contribution in [0.15, 0.2) is 30.6 Å². The molecule has 1 aromatic carbocycles. The molecule has 1 aliphatic heterocycles. The maximum atomic E-state index is 13.3. The fourth-order valence-electron chi connectivity index (χ4n) is 3.34. The van der Waals surface area contributed by atoms with Crippen LogP contribution in [0.4, 0.5) is 14.6 Å². The molecule has 11 heteroatoms. The normalized spacial score (nSPS) is 16.3. The van der Waals surface area contributed by atoms with E-state index in [4.69, 9.17) is 0 Å². The number of aromatic nitrogens is 5. The van der Waals surface area contributed by atoms with Crippen molar-refractivity contribution in [2.45, 2.75) is 32.5 Å². The topological polar surface area (TPSA) is 97.9 Å². The first-order valence-electron chi connectivity index (χ1n) is 9.28. The molecule has 30 heavy (non-hydrogen) atoms. The number of hydrogen-bond acceptors (Lipinski definition) is 5. The zero-order valence-corrected chi connectivity index (χ0v) is 16.3. The number of carbonyl (C=O) groups excluding carboxylic acids is 2. The molecule has 0 radical (unpaired) electrons. The summed E-state index contributed by atoms with van der Waals surface area (Å²) < 4.78 is 29.5. The third-order valence-corrected chi connectivity index (χ3v) is 4.86. The fraction of sp³-hybridized carbons (Fsp3) is 0.316. The second-order valence-corrected chi connectivity index (χ2v) is 7.09. The van der Waals surface area contributed by atoms with Gasteiger partial charge in [0.15, 0.2) is 11.6 Å². The van der Waals surface area contributed by atoms with Crippen molar-refractivity contribution < 1.29 is 18.4 Å². The SMILES string of the molecule is Cc1cc2n(n1)CCC(NC(=O)c1ncn(Cc3ccc(F)c(F)c3)n1)C(=O)N2C. The minimum absolute atomic E-state index is 0.114. The Morgan fingerprint density at radius 1 is 1.23 bits per heavy atom. The standard InChI is InChI=1S/C19H19F2N7O2/c1-11-7-16-26(2)19(30)15(5-6-28(16)24-11)23-18(29)17-22-10-27(25-17)9-12-3-4-13(20)14(21)8-12/h3-4,7-8,10,15H,5-6,9H2,1-2H3,(H,23,29). The molecule has 0 aliphatic carbocycles. The van der Waals surface area contributed by atoms with Gasteiger partial charge in [0.25, 0.3) is 11.8 Å². The predicted molar refractivity (Wildman–Crippen MR) is 102 cm³/mol. The van der Waals surface area contributed by atoms with E-state index in [2.05, 4.69) is 20.5 Å². The lowest BCUT2D eigenvalue weighted by atomic mass is 10.2. The number of anilines is 1. The van der Waals surface area contributed by atoms with E-state index >= 15 is 0 Å². The van der Waals surface area contributed by atoms with Crippen LogP contribution in [0.3, 0.4) is 0 Å². The molecule has 2 amide bonds. The summed E-state index contributed by atoms with van der Waals surface area (Å²) in [6.45, 7) is 2.44. The Hall–Kier alpha value is -3.63. The van der Waals surface area contributed by atoms with Gasteiger partial charge in [-0.3, -0.25) is 14.5 Å². The number of carbonyl (C=O) groups is 2. The lowest BCUT2D eigenvalue weighted by Crippen LogP contribution is -2.47. The molecule has 0 spiro atoms. The lowest BCUT2D eigenvalue weighted by Gasteiger charge is -2.19. The molecule has 0 saturated heterocycles. The van der Waals surface area contributed by atoms with Gasteiger partial charge in [-0.15, -0.1) is 5.10 Å². The molecule has 1 aliphatic rings. The Bertz CT molecular complexity index is 1120.